The van der Waals surface area contributed by atoms with Gasteiger partial charge in [-0.1, -0.05) is 13.8 Å². The first-order valence-electron chi connectivity index (χ1n) is 7.24. The summed E-state index contributed by atoms with van der Waals surface area (Å²) in [5.74, 6) is 1.04. The van der Waals surface area contributed by atoms with E-state index >= 15 is 0 Å². The monoisotopic (exact) mass is 283 g/mol. The second kappa shape index (κ2) is 10.2. The molecule has 0 radical (unpaired) electrons. The van der Waals surface area contributed by atoms with Crippen LogP contribution in [0, 0.1) is 0 Å². The molecule has 0 amide bonds. The molecular formula is C13H25N5O2. The summed E-state index contributed by atoms with van der Waals surface area (Å²) in [6, 6.07) is 0.347. The molecule has 114 valence electrons. The van der Waals surface area contributed by atoms with Crippen molar-refractivity contribution in [2.45, 2.75) is 33.6 Å². The van der Waals surface area contributed by atoms with E-state index in [1.54, 1.807) is 0 Å². The fraction of sp³-hybridized carbons (Fsp3) is 0.769. The highest BCUT2D eigenvalue weighted by molar-refractivity contribution is 5.35. The first kappa shape index (κ1) is 16.4. The summed E-state index contributed by atoms with van der Waals surface area (Å²) in [6.45, 7) is 9.47. The van der Waals surface area contributed by atoms with Crippen molar-refractivity contribution >= 4 is 11.9 Å². The van der Waals surface area contributed by atoms with Crippen LogP contribution in [0.2, 0.25) is 0 Å². The number of rotatable bonds is 11. The average Bonchev–Trinajstić information content (AvgIpc) is 2.47. The van der Waals surface area contributed by atoms with E-state index in [2.05, 4.69) is 32.5 Å². The molecule has 1 aromatic heterocycles. The maximum Gasteiger partial charge on any atom is 0.323 e. The van der Waals surface area contributed by atoms with Crippen molar-refractivity contribution in [3.05, 3.63) is 0 Å². The van der Waals surface area contributed by atoms with Crippen LogP contribution < -0.4 is 15.4 Å². The third-order valence-corrected chi connectivity index (χ3v) is 2.32. The molecule has 0 aliphatic carbocycles. The Morgan fingerprint density at radius 1 is 0.850 bits per heavy atom. The summed E-state index contributed by atoms with van der Waals surface area (Å²) < 4.78 is 10.7. The van der Waals surface area contributed by atoms with Crippen molar-refractivity contribution < 1.29 is 9.47 Å². The Hall–Kier alpha value is -1.63. The van der Waals surface area contributed by atoms with E-state index in [1.807, 2.05) is 13.8 Å². The molecule has 0 saturated heterocycles. The van der Waals surface area contributed by atoms with Crippen LogP contribution in [0.25, 0.3) is 0 Å². The predicted octanol–water partition coefficient (Wildman–Crippen LogP) is 1.93. The van der Waals surface area contributed by atoms with Crippen LogP contribution in [0.15, 0.2) is 0 Å². The molecule has 0 aliphatic heterocycles. The summed E-state index contributed by atoms with van der Waals surface area (Å²) in [5, 5.41) is 6.25. The first-order valence-corrected chi connectivity index (χ1v) is 7.24. The summed E-state index contributed by atoms with van der Waals surface area (Å²) >= 11 is 0. The van der Waals surface area contributed by atoms with Crippen LogP contribution >= 0.6 is 0 Å². The number of ether oxygens (including phenoxy) is 2. The minimum Gasteiger partial charge on any atom is -0.463 e. The Balaban J connectivity index is 2.64. The normalized spacial score (nSPS) is 10.3. The Labute approximate surface area is 120 Å². The fourth-order valence-corrected chi connectivity index (χ4v) is 1.39. The topological polar surface area (TPSA) is 81.2 Å². The standard InChI is InChI=1S/C13H25N5O2/c1-4-7-14-11-16-12(15-8-10-19-6-3)18-13(17-11)20-9-5-2/h4-10H2,1-3H3,(H2,14,15,16,17,18). The van der Waals surface area contributed by atoms with Crippen molar-refractivity contribution in [2.75, 3.05) is 43.5 Å². The van der Waals surface area contributed by atoms with E-state index in [0.717, 1.165) is 19.4 Å². The lowest BCUT2D eigenvalue weighted by Crippen LogP contribution is -2.14. The molecule has 0 bridgehead atoms. The summed E-state index contributed by atoms with van der Waals surface area (Å²) in [4.78, 5) is 12.7. The second-order valence-electron chi connectivity index (χ2n) is 4.16. The highest BCUT2D eigenvalue weighted by Gasteiger charge is 2.06. The van der Waals surface area contributed by atoms with Gasteiger partial charge in [-0.05, 0) is 19.8 Å². The zero-order valence-corrected chi connectivity index (χ0v) is 12.6. The maximum atomic E-state index is 5.47. The molecule has 2 N–H and O–H groups in total. The van der Waals surface area contributed by atoms with Gasteiger partial charge in [0.25, 0.3) is 0 Å². The molecule has 0 spiro atoms. The predicted molar refractivity (Wildman–Crippen MR) is 79.4 cm³/mol. The van der Waals surface area contributed by atoms with Crippen molar-refractivity contribution in [1.29, 1.82) is 0 Å². The zero-order chi connectivity index (χ0) is 14.6. The molecule has 0 aromatic carbocycles. The van der Waals surface area contributed by atoms with Gasteiger partial charge >= 0.3 is 6.01 Å². The van der Waals surface area contributed by atoms with Crippen molar-refractivity contribution in [1.82, 2.24) is 15.0 Å². The van der Waals surface area contributed by atoms with Gasteiger partial charge in [-0.2, -0.15) is 15.0 Å². The maximum absolute atomic E-state index is 5.47. The number of hydrogen-bond acceptors (Lipinski definition) is 7. The molecule has 1 heterocycles. The van der Waals surface area contributed by atoms with Crippen LogP contribution in [0.4, 0.5) is 11.9 Å². The largest absolute Gasteiger partial charge is 0.463 e. The smallest absolute Gasteiger partial charge is 0.323 e. The Kier molecular flexibility index (Phi) is 8.37. The van der Waals surface area contributed by atoms with Crippen LogP contribution in [-0.4, -0.2) is 47.9 Å². The molecule has 0 unspecified atom stereocenters. The Morgan fingerprint density at radius 2 is 1.55 bits per heavy atom. The highest BCUT2D eigenvalue weighted by Crippen LogP contribution is 2.11. The molecule has 0 atom stereocenters. The van der Waals surface area contributed by atoms with Crippen LogP contribution in [0.5, 0.6) is 6.01 Å². The average molecular weight is 283 g/mol. The van der Waals surface area contributed by atoms with Gasteiger partial charge in [-0.25, -0.2) is 0 Å². The lowest BCUT2D eigenvalue weighted by Gasteiger charge is -2.10. The first-order chi connectivity index (χ1) is 9.80. The third kappa shape index (κ3) is 6.51. The third-order valence-electron chi connectivity index (χ3n) is 2.32. The van der Waals surface area contributed by atoms with Crippen molar-refractivity contribution in [3.63, 3.8) is 0 Å². The molecule has 7 nitrogen and oxygen atoms in total. The van der Waals surface area contributed by atoms with Crippen LogP contribution in [0.1, 0.15) is 33.6 Å². The molecule has 20 heavy (non-hydrogen) atoms. The number of aromatic nitrogens is 3. The Bertz CT molecular complexity index is 350. The lowest BCUT2D eigenvalue weighted by molar-refractivity contribution is 0.158. The fourth-order valence-electron chi connectivity index (χ4n) is 1.39. The van der Waals surface area contributed by atoms with E-state index in [-0.39, 0.29) is 0 Å². The summed E-state index contributed by atoms with van der Waals surface area (Å²) in [7, 11) is 0. The van der Waals surface area contributed by atoms with E-state index in [9.17, 15) is 0 Å². The van der Waals surface area contributed by atoms with Crippen LogP contribution in [0.3, 0.4) is 0 Å². The number of hydrogen-bond donors (Lipinski definition) is 2. The van der Waals surface area contributed by atoms with Gasteiger partial charge in [-0.15, -0.1) is 0 Å². The molecule has 0 aliphatic rings. The van der Waals surface area contributed by atoms with Gasteiger partial charge < -0.3 is 20.1 Å². The van der Waals surface area contributed by atoms with Gasteiger partial charge in [0.1, 0.15) is 0 Å². The highest BCUT2D eigenvalue weighted by atomic mass is 16.5. The van der Waals surface area contributed by atoms with Crippen molar-refractivity contribution in [2.24, 2.45) is 0 Å². The minimum atomic E-state index is 0.347. The quantitative estimate of drug-likeness (QED) is 0.600. The van der Waals surface area contributed by atoms with E-state index in [0.29, 0.717) is 44.3 Å². The van der Waals surface area contributed by atoms with Gasteiger partial charge in [0, 0.05) is 19.7 Å². The molecule has 0 fully saturated rings. The zero-order valence-electron chi connectivity index (χ0n) is 12.6. The summed E-state index contributed by atoms with van der Waals surface area (Å²) in [6.07, 6.45) is 1.92. The lowest BCUT2D eigenvalue weighted by atomic mass is 10.5. The van der Waals surface area contributed by atoms with Crippen molar-refractivity contribution in [3.8, 4) is 6.01 Å². The minimum absolute atomic E-state index is 0.347. The molecule has 1 aromatic rings. The SMILES string of the molecule is CCCNc1nc(NCCOCC)nc(OCCC)n1. The number of nitrogens with one attached hydrogen (secondary N) is 2. The molecule has 1 rings (SSSR count). The van der Waals surface area contributed by atoms with Gasteiger partial charge in [-0.3, -0.25) is 0 Å². The van der Waals surface area contributed by atoms with Gasteiger partial charge in [0.15, 0.2) is 0 Å². The molecule has 7 heteroatoms. The van der Waals surface area contributed by atoms with E-state index in [4.69, 9.17) is 9.47 Å². The van der Waals surface area contributed by atoms with E-state index < -0.39 is 0 Å². The van der Waals surface area contributed by atoms with Gasteiger partial charge in [0.2, 0.25) is 11.9 Å². The molecular weight excluding hydrogens is 258 g/mol. The van der Waals surface area contributed by atoms with Crippen LogP contribution in [-0.2, 0) is 4.74 Å². The van der Waals surface area contributed by atoms with Gasteiger partial charge in [0.05, 0.1) is 13.2 Å². The number of anilines is 2. The number of nitrogens with zero attached hydrogens (tertiary/aromatic N) is 3. The Morgan fingerprint density at radius 3 is 2.15 bits per heavy atom. The van der Waals surface area contributed by atoms with E-state index in [1.165, 1.54) is 0 Å². The summed E-state index contributed by atoms with van der Waals surface area (Å²) in [5.41, 5.74) is 0. The second-order valence-corrected chi connectivity index (χ2v) is 4.16. The molecule has 0 saturated carbocycles.